The topological polar surface area (TPSA) is 43.9 Å². The molecule has 2 rings (SSSR count). The zero-order valence-corrected chi connectivity index (χ0v) is 14.9. The molecule has 1 aromatic rings. The summed E-state index contributed by atoms with van der Waals surface area (Å²) >= 11 is 0. The Morgan fingerprint density at radius 3 is 2.46 bits per heavy atom. The monoisotopic (exact) mass is 329 g/mol. The Labute approximate surface area is 144 Å². The van der Waals surface area contributed by atoms with Crippen LogP contribution >= 0.6 is 0 Å². The highest BCUT2D eigenvalue weighted by Gasteiger charge is 2.24. The lowest BCUT2D eigenvalue weighted by atomic mass is 10.1. The Morgan fingerprint density at radius 1 is 1.21 bits per heavy atom. The van der Waals surface area contributed by atoms with Crippen LogP contribution in [-0.2, 0) is 9.59 Å². The van der Waals surface area contributed by atoms with Crippen molar-refractivity contribution in [2.45, 2.75) is 20.8 Å². The first kappa shape index (κ1) is 18.0. The summed E-state index contributed by atoms with van der Waals surface area (Å²) in [4.78, 5) is 29.7. The molecule has 0 atom stereocenters. The van der Waals surface area contributed by atoms with Gasteiger partial charge in [-0.15, -0.1) is 6.58 Å². The fourth-order valence-corrected chi connectivity index (χ4v) is 3.00. The largest absolute Gasteiger partial charge is 0.368 e. The maximum Gasteiger partial charge on any atom is 0.242 e. The number of anilines is 1. The highest BCUT2D eigenvalue weighted by molar-refractivity contribution is 5.84. The molecule has 1 aliphatic heterocycles. The molecule has 2 amide bonds. The number of rotatable bonds is 5. The van der Waals surface area contributed by atoms with E-state index in [2.05, 4.69) is 43.5 Å². The number of hydrogen-bond acceptors (Lipinski definition) is 3. The predicted molar refractivity (Wildman–Crippen MR) is 97.2 cm³/mol. The van der Waals surface area contributed by atoms with Crippen LogP contribution in [0.15, 0.2) is 30.9 Å². The lowest BCUT2D eigenvalue weighted by molar-refractivity contribution is -0.139. The summed E-state index contributed by atoms with van der Waals surface area (Å²) in [5.74, 6) is -0.0927. The fourth-order valence-electron chi connectivity index (χ4n) is 3.00. The molecule has 130 valence electrons. The number of hydrogen-bond donors (Lipinski definition) is 0. The van der Waals surface area contributed by atoms with E-state index in [1.54, 1.807) is 6.08 Å². The van der Waals surface area contributed by atoms with Crippen molar-refractivity contribution >= 4 is 17.5 Å². The van der Waals surface area contributed by atoms with Crippen molar-refractivity contribution in [2.24, 2.45) is 0 Å². The van der Waals surface area contributed by atoms with Gasteiger partial charge in [-0.2, -0.15) is 0 Å². The van der Waals surface area contributed by atoms with Gasteiger partial charge in [0.1, 0.15) is 6.54 Å². The first-order valence-corrected chi connectivity index (χ1v) is 8.39. The van der Waals surface area contributed by atoms with E-state index < -0.39 is 0 Å². The maximum atomic E-state index is 12.4. The average Bonchev–Trinajstić information content (AvgIpc) is 2.57. The Balaban J connectivity index is 1.94. The second-order valence-corrected chi connectivity index (χ2v) is 6.28. The Morgan fingerprint density at radius 2 is 1.88 bits per heavy atom. The van der Waals surface area contributed by atoms with Gasteiger partial charge in [-0.1, -0.05) is 18.2 Å². The molecule has 1 saturated heterocycles. The third-order valence-corrected chi connectivity index (χ3v) is 4.67. The van der Waals surface area contributed by atoms with E-state index in [4.69, 9.17) is 0 Å². The van der Waals surface area contributed by atoms with E-state index in [1.165, 1.54) is 28.6 Å². The van der Waals surface area contributed by atoms with Crippen molar-refractivity contribution in [3.05, 3.63) is 42.0 Å². The quantitative estimate of drug-likeness (QED) is 0.776. The van der Waals surface area contributed by atoms with Gasteiger partial charge in [-0.05, 0) is 31.0 Å². The Kier molecular flexibility index (Phi) is 6.01. The lowest BCUT2D eigenvalue weighted by Gasteiger charge is -2.37. The third kappa shape index (κ3) is 4.16. The van der Waals surface area contributed by atoms with Crippen molar-refractivity contribution in [1.29, 1.82) is 0 Å². The molecule has 0 unspecified atom stereocenters. The Hall–Kier alpha value is -2.30. The van der Waals surface area contributed by atoms with E-state index >= 15 is 0 Å². The van der Waals surface area contributed by atoms with Crippen molar-refractivity contribution in [1.82, 2.24) is 9.80 Å². The van der Waals surface area contributed by atoms with Gasteiger partial charge >= 0.3 is 0 Å². The SMILES string of the molecule is C=CCN(CC(=O)N1CCN(c2cccc(C)c2C)CC1)C(C)=O. The van der Waals surface area contributed by atoms with Gasteiger partial charge in [-0.3, -0.25) is 9.59 Å². The van der Waals surface area contributed by atoms with Gasteiger partial charge in [0.25, 0.3) is 0 Å². The zero-order valence-electron chi connectivity index (χ0n) is 14.9. The first-order valence-electron chi connectivity index (χ1n) is 8.39. The highest BCUT2D eigenvalue weighted by Crippen LogP contribution is 2.23. The normalized spacial score (nSPS) is 14.5. The Bertz CT molecular complexity index is 619. The van der Waals surface area contributed by atoms with Gasteiger partial charge in [0.15, 0.2) is 0 Å². The molecule has 24 heavy (non-hydrogen) atoms. The van der Waals surface area contributed by atoms with Crippen LogP contribution in [0.25, 0.3) is 0 Å². The maximum absolute atomic E-state index is 12.4. The van der Waals surface area contributed by atoms with Crippen LogP contribution in [-0.4, -0.2) is 60.9 Å². The number of nitrogens with zero attached hydrogens (tertiary/aromatic N) is 3. The molecule has 5 nitrogen and oxygen atoms in total. The summed E-state index contributed by atoms with van der Waals surface area (Å²) in [6.45, 7) is 12.9. The molecule has 0 saturated carbocycles. The second kappa shape index (κ2) is 7.99. The molecule has 0 radical (unpaired) electrons. The minimum Gasteiger partial charge on any atom is -0.368 e. The van der Waals surface area contributed by atoms with E-state index in [-0.39, 0.29) is 18.4 Å². The van der Waals surface area contributed by atoms with Gasteiger partial charge in [0.05, 0.1) is 0 Å². The molecule has 5 heteroatoms. The van der Waals surface area contributed by atoms with Crippen LogP contribution in [0.3, 0.4) is 0 Å². The molecule has 1 aromatic carbocycles. The van der Waals surface area contributed by atoms with Gasteiger partial charge in [0.2, 0.25) is 11.8 Å². The molecule has 0 spiro atoms. The molecule has 1 aliphatic rings. The number of carbonyl (C=O) groups excluding carboxylic acids is 2. The molecule has 1 fully saturated rings. The van der Waals surface area contributed by atoms with E-state index in [9.17, 15) is 9.59 Å². The van der Waals surface area contributed by atoms with Gasteiger partial charge in [0, 0.05) is 45.3 Å². The molecule has 0 bridgehead atoms. The third-order valence-electron chi connectivity index (χ3n) is 4.67. The zero-order chi connectivity index (χ0) is 17.7. The first-order chi connectivity index (χ1) is 11.4. The van der Waals surface area contributed by atoms with Gasteiger partial charge in [-0.25, -0.2) is 0 Å². The summed E-state index contributed by atoms with van der Waals surface area (Å²) in [5, 5.41) is 0. The van der Waals surface area contributed by atoms with Crippen molar-refractivity contribution in [3.63, 3.8) is 0 Å². The molecular weight excluding hydrogens is 302 g/mol. The van der Waals surface area contributed by atoms with Crippen molar-refractivity contribution in [2.75, 3.05) is 44.2 Å². The number of carbonyl (C=O) groups is 2. The summed E-state index contributed by atoms with van der Waals surface area (Å²) in [6, 6.07) is 6.34. The standard InChI is InChI=1S/C19H27N3O2/c1-5-9-22(17(4)23)14-19(24)21-12-10-20(11-13-21)18-8-6-7-15(2)16(18)3/h5-8H,1,9-14H2,2-4H3. The molecule has 1 heterocycles. The van der Waals surface area contributed by atoms with Crippen molar-refractivity contribution < 1.29 is 9.59 Å². The molecule has 0 aromatic heterocycles. The minimum atomic E-state index is -0.0997. The highest BCUT2D eigenvalue weighted by atomic mass is 16.2. The molecular formula is C19H27N3O2. The van der Waals surface area contributed by atoms with Crippen LogP contribution in [0.5, 0.6) is 0 Å². The summed E-state index contributed by atoms with van der Waals surface area (Å²) < 4.78 is 0. The predicted octanol–water partition coefficient (Wildman–Crippen LogP) is 1.99. The van der Waals surface area contributed by atoms with Crippen LogP contribution in [0.4, 0.5) is 5.69 Å². The lowest BCUT2D eigenvalue weighted by Crippen LogP contribution is -2.51. The summed E-state index contributed by atoms with van der Waals surface area (Å²) in [5.41, 5.74) is 3.83. The summed E-state index contributed by atoms with van der Waals surface area (Å²) in [7, 11) is 0. The van der Waals surface area contributed by atoms with E-state index in [0.717, 1.165) is 13.1 Å². The van der Waals surface area contributed by atoms with E-state index in [0.29, 0.717) is 19.6 Å². The second-order valence-electron chi connectivity index (χ2n) is 6.28. The smallest absolute Gasteiger partial charge is 0.242 e. The fraction of sp³-hybridized carbons (Fsp3) is 0.474. The number of piperazine rings is 1. The summed E-state index contributed by atoms with van der Waals surface area (Å²) in [6.07, 6.45) is 1.65. The molecule has 0 aliphatic carbocycles. The average molecular weight is 329 g/mol. The van der Waals surface area contributed by atoms with Crippen LogP contribution < -0.4 is 4.90 Å². The number of amides is 2. The van der Waals surface area contributed by atoms with Crippen LogP contribution in [0.1, 0.15) is 18.1 Å². The van der Waals surface area contributed by atoms with E-state index in [1.807, 2.05) is 4.90 Å². The number of benzene rings is 1. The van der Waals surface area contributed by atoms with Gasteiger partial charge < -0.3 is 14.7 Å². The molecule has 0 N–H and O–H groups in total. The van der Waals surface area contributed by atoms with Crippen LogP contribution in [0, 0.1) is 13.8 Å². The van der Waals surface area contributed by atoms with Crippen LogP contribution in [0.2, 0.25) is 0 Å². The van der Waals surface area contributed by atoms with Crippen molar-refractivity contribution in [3.8, 4) is 0 Å². The minimum absolute atomic E-state index is 0.00710. The number of aryl methyl sites for hydroxylation is 1.